The van der Waals surface area contributed by atoms with Crippen molar-refractivity contribution >= 4 is 34.8 Å². The second kappa shape index (κ2) is 7.55. The number of carbonyl (C=O) groups is 4. The van der Waals surface area contributed by atoms with E-state index >= 15 is 0 Å². The van der Waals surface area contributed by atoms with Crippen LogP contribution in [0, 0.1) is 6.92 Å². The topological polar surface area (TPSA) is 139 Å². The van der Waals surface area contributed by atoms with Crippen molar-refractivity contribution in [2.24, 2.45) is 0 Å². The summed E-state index contributed by atoms with van der Waals surface area (Å²) in [6.07, 6.45) is 0.368. The first-order valence-electron chi connectivity index (χ1n) is 10.7. The number of imidazole rings is 1. The Morgan fingerprint density at radius 1 is 1.24 bits per heavy atom. The summed E-state index contributed by atoms with van der Waals surface area (Å²) in [5.41, 5.74) is 2.05. The number of benzene rings is 1. The van der Waals surface area contributed by atoms with E-state index in [1.807, 2.05) is 25.1 Å². The van der Waals surface area contributed by atoms with Gasteiger partial charge in [0.2, 0.25) is 5.91 Å². The summed E-state index contributed by atoms with van der Waals surface area (Å²) >= 11 is 0. The Labute approximate surface area is 190 Å². The molecule has 33 heavy (non-hydrogen) atoms. The lowest BCUT2D eigenvalue weighted by atomic mass is 9.88. The summed E-state index contributed by atoms with van der Waals surface area (Å²) in [7, 11) is 1.50. The number of hydrogen-bond donors (Lipinski definition) is 3. The van der Waals surface area contributed by atoms with E-state index in [2.05, 4.69) is 9.97 Å². The smallest absolute Gasteiger partial charge is 0.327 e. The summed E-state index contributed by atoms with van der Waals surface area (Å²) < 4.78 is 0. The largest absolute Gasteiger partial charge is 0.341 e. The monoisotopic (exact) mass is 456 g/mol. The molecule has 176 valence electrons. The van der Waals surface area contributed by atoms with Crippen LogP contribution in [0.25, 0.3) is 11.0 Å². The van der Waals surface area contributed by atoms with Crippen LogP contribution in [-0.2, 0) is 19.8 Å². The Kier molecular flexibility index (Phi) is 5.19. The van der Waals surface area contributed by atoms with Crippen LogP contribution in [0.3, 0.4) is 0 Å². The van der Waals surface area contributed by atoms with Gasteiger partial charge in [0.15, 0.2) is 0 Å². The number of urea groups is 1. The van der Waals surface area contributed by atoms with Gasteiger partial charge >= 0.3 is 6.03 Å². The number of nitrogens with one attached hydrogen (secondary N) is 2. The number of aromatic amines is 1. The molecule has 1 aromatic heterocycles. The maximum absolute atomic E-state index is 13.6. The molecule has 11 nitrogen and oxygen atoms in total. The minimum absolute atomic E-state index is 0.193. The first kappa shape index (κ1) is 22.7. The van der Waals surface area contributed by atoms with Gasteiger partial charge in [-0.1, -0.05) is 6.07 Å². The van der Waals surface area contributed by atoms with Crippen LogP contribution in [-0.4, -0.2) is 85.3 Å². The Bertz CT molecular complexity index is 1170. The summed E-state index contributed by atoms with van der Waals surface area (Å²) in [5, 5.41) is 9.33. The third-order valence-corrected chi connectivity index (χ3v) is 7.02. The van der Waals surface area contributed by atoms with Crippen LogP contribution in [0.4, 0.5) is 4.79 Å². The van der Waals surface area contributed by atoms with E-state index in [0.717, 1.165) is 21.5 Å². The van der Waals surface area contributed by atoms with Crippen LogP contribution < -0.4 is 5.48 Å². The molecule has 0 aliphatic carbocycles. The molecule has 2 atom stereocenters. The molecule has 3 N–H and O–H groups in total. The van der Waals surface area contributed by atoms with Crippen molar-refractivity contribution in [3.8, 4) is 0 Å². The van der Waals surface area contributed by atoms with Crippen LogP contribution >= 0.6 is 0 Å². The molecule has 2 aliphatic rings. The van der Waals surface area contributed by atoms with Gasteiger partial charge in [0.25, 0.3) is 11.8 Å². The Morgan fingerprint density at radius 3 is 2.55 bits per heavy atom. The quantitative estimate of drug-likeness (QED) is 0.347. The summed E-state index contributed by atoms with van der Waals surface area (Å²) in [5.74, 6) is -1.25. The van der Waals surface area contributed by atoms with Gasteiger partial charge < -0.3 is 14.8 Å². The molecule has 4 rings (SSSR count). The van der Waals surface area contributed by atoms with E-state index in [1.165, 1.54) is 16.8 Å². The van der Waals surface area contributed by atoms with E-state index in [4.69, 9.17) is 0 Å². The fourth-order valence-corrected chi connectivity index (χ4v) is 4.48. The Morgan fingerprint density at radius 2 is 1.94 bits per heavy atom. The first-order chi connectivity index (χ1) is 15.4. The highest BCUT2D eigenvalue weighted by atomic mass is 16.5. The van der Waals surface area contributed by atoms with Gasteiger partial charge in [-0.05, 0) is 51.8 Å². The molecular formula is C22H28N6O5. The van der Waals surface area contributed by atoms with Crippen molar-refractivity contribution in [1.29, 1.82) is 0 Å². The number of likely N-dealkylation sites (tertiary alicyclic amines) is 1. The maximum atomic E-state index is 13.6. The standard InChI is InChI=1S/C22H28N6O5/c1-12-6-7-13-14(10-12)24-17(23-13)22(4)8-9-27(19(22)31)15(16(29)25-33)11-28-18(30)21(2,3)26(5)20(28)32/h6-7,10,15,33H,8-9,11H2,1-5H3,(H,23,24)(H,25,29)/t15-,22?/m1/s1. The third kappa shape index (κ3) is 3.34. The molecule has 1 unspecified atom stereocenters. The van der Waals surface area contributed by atoms with E-state index in [1.54, 1.807) is 26.3 Å². The number of aryl methyl sites for hydroxylation is 1. The van der Waals surface area contributed by atoms with Crippen molar-refractivity contribution in [1.82, 2.24) is 30.1 Å². The lowest BCUT2D eigenvalue weighted by molar-refractivity contribution is -0.145. The molecular weight excluding hydrogens is 428 g/mol. The lowest BCUT2D eigenvalue weighted by Gasteiger charge is -2.30. The number of rotatable bonds is 5. The van der Waals surface area contributed by atoms with E-state index < -0.39 is 34.8 Å². The minimum Gasteiger partial charge on any atom is -0.341 e. The number of nitrogens with zero attached hydrogens (tertiary/aromatic N) is 4. The number of aromatic nitrogens is 2. The molecule has 2 fully saturated rings. The number of carbonyl (C=O) groups excluding carboxylic acids is 4. The summed E-state index contributed by atoms with van der Waals surface area (Å²) in [4.78, 5) is 63.0. The van der Waals surface area contributed by atoms with E-state index in [0.29, 0.717) is 12.2 Å². The normalized spacial score (nSPS) is 23.7. The van der Waals surface area contributed by atoms with Gasteiger partial charge in [0.1, 0.15) is 22.8 Å². The molecule has 0 spiro atoms. The fraction of sp³-hybridized carbons (Fsp3) is 0.500. The highest BCUT2D eigenvalue weighted by molar-refractivity contribution is 6.07. The van der Waals surface area contributed by atoms with Crippen molar-refractivity contribution < 1.29 is 24.4 Å². The molecule has 1 aromatic carbocycles. The summed E-state index contributed by atoms with van der Waals surface area (Å²) in [6.45, 7) is 6.75. The molecule has 0 saturated carbocycles. The molecule has 5 amide bonds. The number of amides is 5. The zero-order valence-electron chi connectivity index (χ0n) is 19.3. The van der Waals surface area contributed by atoms with E-state index in [-0.39, 0.29) is 19.0 Å². The Hall–Kier alpha value is -3.47. The van der Waals surface area contributed by atoms with Crippen molar-refractivity contribution in [3.63, 3.8) is 0 Å². The summed E-state index contributed by atoms with van der Waals surface area (Å²) in [6, 6.07) is 3.93. The molecule has 2 aliphatic heterocycles. The zero-order valence-corrected chi connectivity index (χ0v) is 19.3. The number of hydroxylamine groups is 1. The molecule has 3 heterocycles. The van der Waals surface area contributed by atoms with Gasteiger partial charge in [-0.3, -0.25) is 24.5 Å². The second-order valence-electron chi connectivity index (χ2n) is 9.49. The van der Waals surface area contributed by atoms with Crippen molar-refractivity contribution in [2.75, 3.05) is 20.1 Å². The van der Waals surface area contributed by atoms with Crippen LogP contribution in [0.15, 0.2) is 18.2 Å². The van der Waals surface area contributed by atoms with E-state index in [9.17, 15) is 24.4 Å². The van der Waals surface area contributed by atoms with Gasteiger partial charge in [-0.2, -0.15) is 0 Å². The molecule has 0 radical (unpaired) electrons. The highest BCUT2D eigenvalue weighted by Crippen LogP contribution is 2.36. The number of hydrogen-bond acceptors (Lipinski definition) is 6. The Balaban J connectivity index is 1.64. The van der Waals surface area contributed by atoms with Gasteiger partial charge in [0.05, 0.1) is 17.6 Å². The number of fused-ring (bicyclic) bond motifs is 1. The first-order valence-corrected chi connectivity index (χ1v) is 10.7. The molecule has 11 heteroatoms. The second-order valence-corrected chi connectivity index (χ2v) is 9.49. The van der Waals surface area contributed by atoms with Gasteiger partial charge in [-0.25, -0.2) is 15.3 Å². The van der Waals surface area contributed by atoms with Crippen molar-refractivity contribution in [2.45, 2.75) is 51.1 Å². The van der Waals surface area contributed by atoms with Gasteiger partial charge in [-0.15, -0.1) is 0 Å². The van der Waals surface area contributed by atoms with Crippen LogP contribution in [0.1, 0.15) is 38.6 Å². The highest BCUT2D eigenvalue weighted by Gasteiger charge is 2.54. The predicted octanol–water partition coefficient (Wildman–Crippen LogP) is 0.908. The molecule has 2 saturated heterocycles. The number of imide groups is 1. The lowest BCUT2D eigenvalue weighted by Crippen LogP contribution is -2.55. The molecule has 2 aromatic rings. The predicted molar refractivity (Wildman–Crippen MR) is 117 cm³/mol. The van der Waals surface area contributed by atoms with Gasteiger partial charge in [0, 0.05) is 13.6 Å². The van der Waals surface area contributed by atoms with Crippen LogP contribution in [0.2, 0.25) is 0 Å². The van der Waals surface area contributed by atoms with Crippen molar-refractivity contribution in [3.05, 3.63) is 29.6 Å². The fourth-order valence-electron chi connectivity index (χ4n) is 4.48. The average Bonchev–Trinajstić information content (AvgIpc) is 3.38. The minimum atomic E-state index is -1.24. The third-order valence-electron chi connectivity index (χ3n) is 7.02. The maximum Gasteiger partial charge on any atom is 0.327 e. The molecule has 0 bridgehead atoms. The number of likely N-dealkylation sites (N-methyl/N-ethyl adjacent to an activating group) is 1. The zero-order chi connectivity index (χ0) is 24.3. The average molecular weight is 457 g/mol. The SMILES string of the molecule is Cc1ccc2nc(C3(C)CCN([C@H](CN4C(=O)N(C)C(C)(C)C4=O)C(=O)NO)C3=O)[nH]c2c1. The number of H-pyrrole nitrogens is 1. The van der Waals surface area contributed by atoms with Crippen LogP contribution in [0.5, 0.6) is 0 Å².